The van der Waals surface area contributed by atoms with Gasteiger partial charge >= 0.3 is 0 Å². The lowest BCUT2D eigenvalue weighted by molar-refractivity contribution is 0.397. The maximum atomic E-state index is 12.9. The third-order valence-electron chi connectivity index (χ3n) is 3.84. The van der Waals surface area contributed by atoms with E-state index in [-0.39, 0.29) is 5.43 Å². The fourth-order valence-electron chi connectivity index (χ4n) is 2.82. The third kappa shape index (κ3) is 2.11. The van der Waals surface area contributed by atoms with E-state index < -0.39 is 0 Å². The van der Waals surface area contributed by atoms with Crippen LogP contribution >= 0.6 is 11.6 Å². The smallest absolute Gasteiger partial charge is 0.200 e. The molecule has 3 rings (SSSR count). The van der Waals surface area contributed by atoms with Crippen molar-refractivity contribution in [2.45, 2.75) is 13.5 Å². The van der Waals surface area contributed by atoms with Gasteiger partial charge in [0.05, 0.1) is 30.6 Å². The van der Waals surface area contributed by atoms with Crippen molar-refractivity contribution in [2.24, 2.45) is 0 Å². The highest BCUT2D eigenvalue weighted by Gasteiger charge is 2.16. The van der Waals surface area contributed by atoms with Crippen molar-refractivity contribution in [1.29, 1.82) is 0 Å². The molecule has 1 heterocycles. The Labute approximate surface area is 132 Å². The molecule has 0 amide bonds. The first-order chi connectivity index (χ1) is 10.6. The SMILES string of the molecule is CCn1c2cc(Cl)ccc2c(=O)c2c(OC)cc(OC)cc21. The first kappa shape index (κ1) is 14.7. The quantitative estimate of drug-likeness (QED) is 0.689. The molecule has 0 aliphatic heterocycles. The third-order valence-corrected chi connectivity index (χ3v) is 4.07. The molecule has 4 nitrogen and oxygen atoms in total. The highest BCUT2D eigenvalue weighted by molar-refractivity contribution is 6.31. The standard InChI is InChI=1S/C17H16ClNO3/c1-4-19-13-7-10(18)5-6-12(13)17(20)16-14(19)8-11(21-2)9-15(16)22-3/h5-9H,4H2,1-3H3. The van der Waals surface area contributed by atoms with Crippen LogP contribution in [-0.4, -0.2) is 18.8 Å². The van der Waals surface area contributed by atoms with E-state index in [0.29, 0.717) is 33.8 Å². The summed E-state index contributed by atoms with van der Waals surface area (Å²) in [5, 5.41) is 1.78. The normalized spacial score (nSPS) is 11.1. The number of fused-ring (bicyclic) bond motifs is 2. The van der Waals surface area contributed by atoms with Crippen molar-refractivity contribution in [3.63, 3.8) is 0 Å². The van der Waals surface area contributed by atoms with Crippen LogP contribution in [0.5, 0.6) is 11.5 Å². The van der Waals surface area contributed by atoms with Gasteiger partial charge in [0, 0.05) is 29.1 Å². The summed E-state index contributed by atoms with van der Waals surface area (Å²) in [7, 11) is 3.14. The molecule has 2 aromatic carbocycles. The summed E-state index contributed by atoms with van der Waals surface area (Å²) in [5.74, 6) is 1.16. The number of pyridine rings is 1. The molecule has 0 unspecified atom stereocenters. The van der Waals surface area contributed by atoms with Gasteiger partial charge in [0.25, 0.3) is 0 Å². The molecule has 0 bridgehead atoms. The van der Waals surface area contributed by atoms with Gasteiger partial charge in [-0.25, -0.2) is 0 Å². The first-order valence-electron chi connectivity index (χ1n) is 6.98. The van der Waals surface area contributed by atoms with E-state index in [1.807, 2.05) is 23.6 Å². The fourth-order valence-corrected chi connectivity index (χ4v) is 2.99. The summed E-state index contributed by atoms with van der Waals surface area (Å²) in [4.78, 5) is 12.9. The van der Waals surface area contributed by atoms with Crippen molar-refractivity contribution < 1.29 is 9.47 Å². The molecule has 0 fully saturated rings. The molecule has 0 radical (unpaired) electrons. The molecule has 0 spiro atoms. The average molecular weight is 318 g/mol. The lowest BCUT2D eigenvalue weighted by Crippen LogP contribution is -2.12. The fraction of sp³-hybridized carbons (Fsp3) is 0.235. The van der Waals surface area contributed by atoms with Gasteiger partial charge in [-0.05, 0) is 25.1 Å². The Kier molecular flexibility index (Phi) is 3.71. The molecule has 0 N–H and O–H groups in total. The Morgan fingerprint density at radius 3 is 2.50 bits per heavy atom. The highest BCUT2D eigenvalue weighted by Crippen LogP contribution is 2.32. The van der Waals surface area contributed by atoms with Crippen LogP contribution in [0.1, 0.15) is 6.92 Å². The highest BCUT2D eigenvalue weighted by atomic mass is 35.5. The predicted molar refractivity (Wildman–Crippen MR) is 89.5 cm³/mol. The second kappa shape index (κ2) is 5.54. The molecule has 0 saturated carbocycles. The van der Waals surface area contributed by atoms with Crippen molar-refractivity contribution in [3.8, 4) is 11.5 Å². The van der Waals surface area contributed by atoms with E-state index in [9.17, 15) is 4.79 Å². The largest absolute Gasteiger partial charge is 0.497 e. The van der Waals surface area contributed by atoms with Crippen LogP contribution in [0.25, 0.3) is 21.8 Å². The molecule has 0 saturated heterocycles. The van der Waals surface area contributed by atoms with Crippen LogP contribution in [-0.2, 0) is 6.54 Å². The van der Waals surface area contributed by atoms with E-state index in [4.69, 9.17) is 21.1 Å². The van der Waals surface area contributed by atoms with E-state index in [1.54, 1.807) is 32.4 Å². The number of halogens is 1. The van der Waals surface area contributed by atoms with Crippen LogP contribution in [0.3, 0.4) is 0 Å². The van der Waals surface area contributed by atoms with Crippen molar-refractivity contribution in [2.75, 3.05) is 14.2 Å². The van der Waals surface area contributed by atoms with Crippen LogP contribution in [0.2, 0.25) is 5.02 Å². The van der Waals surface area contributed by atoms with Gasteiger partial charge in [-0.2, -0.15) is 0 Å². The summed E-state index contributed by atoms with van der Waals surface area (Å²) < 4.78 is 12.8. The topological polar surface area (TPSA) is 40.5 Å². The lowest BCUT2D eigenvalue weighted by atomic mass is 10.1. The number of benzene rings is 2. The molecule has 0 atom stereocenters. The van der Waals surface area contributed by atoms with Crippen LogP contribution < -0.4 is 14.9 Å². The number of nitrogens with zero attached hydrogens (tertiary/aromatic N) is 1. The van der Waals surface area contributed by atoms with Crippen molar-refractivity contribution in [1.82, 2.24) is 4.57 Å². The van der Waals surface area contributed by atoms with Gasteiger partial charge in [0.2, 0.25) is 5.43 Å². The van der Waals surface area contributed by atoms with Gasteiger partial charge in [0.15, 0.2) is 0 Å². The summed E-state index contributed by atoms with van der Waals surface area (Å²) in [6.07, 6.45) is 0. The molecular weight excluding hydrogens is 302 g/mol. The summed E-state index contributed by atoms with van der Waals surface area (Å²) >= 11 is 6.10. The van der Waals surface area contributed by atoms with E-state index in [2.05, 4.69) is 0 Å². The lowest BCUT2D eigenvalue weighted by Gasteiger charge is -2.16. The number of hydrogen-bond acceptors (Lipinski definition) is 3. The molecule has 3 aromatic rings. The maximum absolute atomic E-state index is 12.9. The molecule has 0 aliphatic rings. The van der Waals surface area contributed by atoms with Gasteiger partial charge in [-0.15, -0.1) is 0 Å². The number of rotatable bonds is 3. The van der Waals surface area contributed by atoms with E-state index in [0.717, 1.165) is 11.0 Å². The second-order valence-electron chi connectivity index (χ2n) is 4.96. The summed E-state index contributed by atoms with van der Waals surface area (Å²) in [5.41, 5.74) is 1.52. The number of aromatic nitrogens is 1. The minimum Gasteiger partial charge on any atom is -0.497 e. The predicted octanol–water partition coefficient (Wildman–Crippen LogP) is 3.85. The Balaban J connectivity index is 2.62. The average Bonchev–Trinajstić information content (AvgIpc) is 2.53. The zero-order valence-corrected chi connectivity index (χ0v) is 13.4. The van der Waals surface area contributed by atoms with Crippen molar-refractivity contribution in [3.05, 3.63) is 45.6 Å². The Hall–Kier alpha value is -2.20. The summed E-state index contributed by atoms with van der Waals surface area (Å²) in [6, 6.07) is 8.88. The van der Waals surface area contributed by atoms with Gasteiger partial charge in [-0.1, -0.05) is 11.6 Å². The zero-order chi connectivity index (χ0) is 15.9. The molecule has 0 aliphatic carbocycles. The van der Waals surface area contributed by atoms with E-state index >= 15 is 0 Å². The molecule has 5 heteroatoms. The molecule has 114 valence electrons. The van der Waals surface area contributed by atoms with Crippen LogP contribution in [0.15, 0.2) is 35.1 Å². The minimum atomic E-state index is -0.0640. The summed E-state index contributed by atoms with van der Waals surface area (Å²) in [6.45, 7) is 2.72. The van der Waals surface area contributed by atoms with Crippen molar-refractivity contribution >= 4 is 33.4 Å². The number of aryl methyl sites for hydroxylation is 1. The Bertz CT molecular complexity index is 931. The zero-order valence-electron chi connectivity index (χ0n) is 12.6. The van der Waals surface area contributed by atoms with Crippen LogP contribution in [0, 0.1) is 0 Å². The maximum Gasteiger partial charge on any atom is 0.200 e. The molecular formula is C17H16ClNO3. The monoisotopic (exact) mass is 317 g/mol. The molecule has 1 aromatic heterocycles. The second-order valence-corrected chi connectivity index (χ2v) is 5.40. The minimum absolute atomic E-state index is 0.0640. The van der Waals surface area contributed by atoms with Gasteiger partial charge in [0.1, 0.15) is 11.5 Å². The number of hydrogen-bond donors (Lipinski definition) is 0. The van der Waals surface area contributed by atoms with Gasteiger partial charge in [-0.3, -0.25) is 4.79 Å². The number of methoxy groups -OCH3 is 2. The Morgan fingerprint density at radius 1 is 1.09 bits per heavy atom. The molecule has 22 heavy (non-hydrogen) atoms. The Morgan fingerprint density at radius 2 is 1.86 bits per heavy atom. The first-order valence-corrected chi connectivity index (χ1v) is 7.36. The van der Waals surface area contributed by atoms with Gasteiger partial charge < -0.3 is 14.0 Å². The number of ether oxygens (including phenoxy) is 2. The van der Waals surface area contributed by atoms with E-state index in [1.165, 1.54) is 0 Å². The van der Waals surface area contributed by atoms with Crippen LogP contribution in [0.4, 0.5) is 0 Å².